The summed E-state index contributed by atoms with van der Waals surface area (Å²) < 4.78 is 5.90. The van der Waals surface area contributed by atoms with Crippen LogP contribution in [-0.2, 0) is 12.8 Å². The van der Waals surface area contributed by atoms with E-state index in [0.29, 0.717) is 12.0 Å². The van der Waals surface area contributed by atoms with Gasteiger partial charge >= 0.3 is 0 Å². The van der Waals surface area contributed by atoms with Crippen molar-refractivity contribution in [3.8, 4) is 0 Å². The number of carbonyl (C=O) groups excluding carboxylic acids is 1. The maximum Gasteiger partial charge on any atom is 0.254 e. The van der Waals surface area contributed by atoms with E-state index in [1.807, 2.05) is 24.3 Å². The molecule has 3 aromatic rings. The fourth-order valence-electron chi connectivity index (χ4n) is 4.86. The molecule has 1 saturated heterocycles. The molecular formula is C24H26N2O2. The summed E-state index contributed by atoms with van der Waals surface area (Å²) in [5.74, 6) is 1.62. The summed E-state index contributed by atoms with van der Waals surface area (Å²) in [5, 5.41) is 0. The lowest BCUT2D eigenvalue weighted by molar-refractivity contribution is 0.0733. The Morgan fingerprint density at radius 2 is 2.00 bits per heavy atom. The average Bonchev–Trinajstić information content (AvgIpc) is 3.27. The standard InChI is InChI=1S/C24H26N2O2/c27-24(26-16-18-9-4-10-20(26)14-18)19-12-13-22-21(15-19)25-23(28-22)11-5-8-17-6-2-1-3-7-17/h1-3,6-7,12-13,15,18,20H,4-5,8-11,14,16H2/t18-,20+/m1/s1. The smallest absolute Gasteiger partial charge is 0.254 e. The number of oxazole rings is 1. The highest BCUT2D eigenvalue weighted by atomic mass is 16.3. The number of fused-ring (bicyclic) bond motifs is 3. The van der Waals surface area contributed by atoms with E-state index in [9.17, 15) is 4.79 Å². The van der Waals surface area contributed by atoms with Gasteiger partial charge in [-0.3, -0.25) is 4.79 Å². The Balaban J connectivity index is 1.28. The van der Waals surface area contributed by atoms with Gasteiger partial charge in [0.25, 0.3) is 5.91 Å². The van der Waals surface area contributed by atoms with Crippen LogP contribution in [0.4, 0.5) is 0 Å². The number of aromatic nitrogens is 1. The molecule has 2 bridgehead atoms. The van der Waals surface area contributed by atoms with E-state index in [0.717, 1.165) is 54.8 Å². The van der Waals surface area contributed by atoms with Crippen LogP contribution in [0.5, 0.6) is 0 Å². The van der Waals surface area contributed by atoms with E-state index in [-0.39, 0.29) is 5.91 Å². The molecule has 0 radical (unpaired) electrons. The number of benzene rings is 2. The Labute approximate surface area is 165 Å². The van der Waals surface area contributed by atoms with Crippen molar-refractivity contribution in [3.05, 3.63) is 65.5 Å². The Morgan fingerprint density at radius 1 is 1.11 bits per heavy atom. The second-order valence-corrected chi connectivity index (χ2v) is 8.27. The number of likely N-dealkylation sites (tertiary alicyclic amines) is 1. The molecular weight excluding hydrogens is 348 g/mol. The molecule has 1 amide bonds. The summed E-state index contributed by atoms with van der Waals surface area (Å²) in [6.07, 6.45) is 7.69. The number of hydrogen-bond acceptors (Lipinski definition) is 3. The highest BCUT2D eigenvalue weighted by molar-refractivity contribution is 5.97. The molecule has 28 heavy (non-hydrogen) atoms. The third-order valence-electron chi connectivity index (χ3n) is 6.29. The van der Waals surface area contributed by atoms with Gasteiger partial charge in [-0.2, -0.15) is 0 Å². The number of rotatable bonds is 5. The molecule has 144 valence electrons. The molecule has 0 spiro atoms. The van der Waals surface area contributed by atoms with Crippen LogP contribution in [-0.4, -0.2) is 28.4 Å². The normalized spacial score (nSPS) is 21.4. The Hall–Kier alpha value is -2.62. The van der Waals surface area contributed by atoms with Crippen molar-refractivity contribution >= 4 is 17.0 Å². The maximum atomic E-state index is 13.0. The Bertz CT molecular complexity index is 979. The average molecular weight is 374 g/mol. The lowest BCUT2D eigenvalue weighted by atomic mass is 9.90. The quantitative estimate of drug-likeness (QED) is 0.630. The topological polar surface area (TPSA) is 46.3 Å². The van der Waals surface area contributed by atoms with Gasteiger partial charge in [0, 0.05) is 24.6 Å². The minimum absolute atomic E-state index is 0.157. The van der Waals surface area contributed by atoms with Crippen molar-refractivity contribution in [2.24, 2.45) is 5.92 Å². The maximum absolute atomic E-state index is 13.0. The molecule has 2 fully saturated rings. The fourth-order valence-corrected chi connectivity index (χ4v) is 4.86. The number of amides is 1. The second kappa shape index (κ2) is 7.42. The van der Waals surface area contributed by atoms with Crippen LogP contribution in [0.3, 0.4) is 0 Å². The molecule has 0 N–H and O–H groups in total. The van der Waals surface area contributed by atoms with Crippen molar-refractivity contribution in [2.75, 3.05) is 6.54 Å². The number of aryl methyl sites for hydroxylation is 2. The zero-order valence-electron chi connectivity index (χ0n) is 16.1. The van der Waals surface area contributed by atoms with Gasteiger partial charge in [0.1, 0.15) is 5.52 Å². The van der Waals surface area contributed by atoms with Crippen molar-refractivity contribution < 1.29 is 9.21 Å². The van der Waals surface area contributed by atoms with Gasteiger partial charge in [-0.15, -0.1) is 0 Å². The molecule has 4 heteroatoms. The van der Waals surface area contributed by atoms with E-state index in [1.54, 1.807) is 0 Å². The monoisotopic (exact) mass is 374 g/mol. The zero-order chi connectivity index (χ0) is 18.9. The third kappa shape index (κ3) is 3.44. The summed E-state index contributed by atoms with van der Waals surface area (Å²) in [7, 11) is 0. The SMILES string of the molecule is O=C(c1ccc2oc(CCCc3ccccc3)nc2c1)N1C[C@@H]2CCC[C@H]1C2. The first kappa shape index (κ1) is 17.5. The molecule has 4 nitrogen and oxygen atoms in total. The largest absolute Gasteiger partial charge is 0.441 e. The lowest BCUT2D eigenvalue weighted by Crippen LogP contribution is -2.35. The zero-order valence-corrected chi connectivity index (χ0v) is 16.1. The van der Waals surface area contributed by atoms with Gasteiger partial charge in [-0.05, 0) is 61.8 Å². The molecule has 2 atom stereocenters. The molecule has 2 heterocycles. The first-order valence-electron chi connectivity index (χ1n) is 10.5. The van der Waals surface area contributed by atoms with Gasteiger partial charge < -0.3 is 9.32 Å². The van der Waals surface area contributed by atoms with Crippen LogP contribution in [0.2, 0.25) is 0 Å². The van der Waals surface area contributed by atoms with Gasteiger partial charge in [0.15, 0.2) is 11.5 Å². The van der Waals surface area contributed by atoms with Crippen molar-refractivity contribution in [1.82, 2.24) is 9.88 Å². The number of nitrogens with zero attached hydrogens (tertiary/aromatic N) is 2. The molecule has 1 aliphatic carbocycles. The predicted octanol–water partition coefficient (Wildman–Crippen LogP) is 5.02. The fraction of sp³-hybridized carbons (Fsp3) is 0.417. The van der Waals surface area contributed by atoms with E-state index in [1.165, 1.54) is 24.8 Å². The van der Waals surface area contributed by atoms with Gasteiger partial charge in [-0.25, -0.2) is 4.98 Å². The first-order valence-corrected chi connectivity index (χ1v) is 10.5. The van der Waals surface area contributed by atoms with Crippen LogP contribution >= 0.6 is 0 Å². The van der Waals surface area contributed by atoms with Gasteiger partial charge in [-0.1, -0.05) is 36.8 Å². The van der Waals surface area contributed by atoms with Gasteiger partial charge in [0.05, 0.1) is 0 Å². The molecule has 2 aliphatic rings. The molecule has 1 aliphatic heterocycles. The molecule has 5 rings (SSSR count). The van der Waals surface area contributed by atoms with Crippen molar-refractivity contribution in [1.29, 1.82) is 0 Å². The summed E-state index contributed by atoms with van der Waals surface area (Å²) in [6, 6.07) is 16.6. The Morgan fingerprint density at radius 3 is 2.86 bits per heavy atom. The summed E-state index contributed by atoms with van der Waals surface area (Å²) in [5.41, 5.74) is 3.64. The van der Waals surface area contributed by atoms with Crippen LogP contribution < -0.4 is 0 Å². The molecule has 2 aromatic carbocycles. The third-order valence-corrected chi connectivity index (χ3v) is 6.29. The predicted molar refractivity (Wildman–Crippen MR) is 109 cm³/mol. The summed E-state index contributed by atoms with van der Waals surface area (Å²) in [4.78, 5) is 19.8. The van der Waals surface area contributed by atoms with E-state index in [2.05, 4.69) is 34.1 Å². The molecule has 1 saturated carbocycles. The van der Waals surface area contributed by atoms with Crippen LogP contribution in [0.15, 0.2) is 52.9 Å². The lowest BCUT2D eigenvalue weighted by Gasteiger charge is -2.24. The van der Waals surface area contributed by atoms with Crippen molar-refractivity contribution in [3.63, 3.8) is 0 Å². The second-order valence-electron chi connectivity index (χ2n) is 8.27. The summed E-state index contributed by atoms with van der Waals surface area (Å²) in [6.45, 7) is 0.922. The minimum Gasteiger partial charge on any atom is -0.441 e. The van der Waals surface area contributed by atoms with E-state index < -0.39 is 0 Å². The minimum atomic E-state index is 0.157. The summed E-state index contributed by atoms with van der Waals surface area (Å²) >= 11 is 0. The van der Waals surface area contributed by atoms with Crippen LogP contribution in [0, 0.1) is 5.92 Å². The van der Waals surface area contributed by atoms with Crippen molar-refractivity contribution in [2.45, 2.75) is 51.0 Å². The highest BCUT2D eigenvalue weighted by Gasteiger charge is 2.38. The first-order chi connectivity index (χ1) is 13.8. The molecule has 0 unspecified atom stereocenters. The van der Waals surface area contributed by atoms with E-state index in [4.69, 9.17) is 4.42 Å². The Kier molecular flexibility index (Phi) is 4.63. The van der Waals surface area contributed by atoms with Crippen LogP contribution in [0.25, 0.3) is 11.1 Å². The molecule has 1 aromatic heterocycles. The van der Waals surface area contributed by atoms with Crippen LogP contribution in [0.1, 0.15) is 53.9 Å². The van der Waals surface area contributed by atoms with Gasteiger partial charge in [0.2, 0.25) is 0 Å². The number of carbonyl (C=O) groups is 1. The number of hydrogen-bond donors (Lipinski definition) is 0. The van der Waals surface area contributed by atoms with E-state index >= 15 is 0 Å². The highest BCUT2D eigenvalue weighted by Crippen LogP contribution is 2.36.